The van der Waals surface area contributed by atoms with Crippen molar-refractivity contribution in [3.05, 3.63) is 108 Å². The summed E-state index contributed by atoms with van der Waals surface area (Å²) in [6.45, 7) is 5.45. The second kappa shape index (κ2) is 18.1. The minimum absolute atomic E-state index is 0.0129. The number of aryl methyl sites for hydroxylation is 1. The fraction of sp³-hybridized carbons (Fsp3) is 0.370. The fourth-order valence-electron chi connectivity index (χ4n) is 8.20. The van der Waals surface area contributed by atoms with E-state index < -0.39 is 6.09 Å². The monoisotopic (exact) mass is 782 g/mol. The largest absolute Gasteiger partial charge is 0.450 e. The van der Waals surface area contributed by atoms with Crippen LogP contribution in [0, 0.1) is 11.8 Å². The highest BCUT2D eigenvalue weighted by Crippen LogP contribution is 2.36. The molecule has 7 rings (SSSR count). The van der Waals surface area contributed by atoms with E-state index >= 15 is 0 Å². The molecular weight excluding hydrogens is 729 g/mol. The first-order valence-corrected chi connectivity index (χ1v) is 20.4. The molecule has 0 saturated carbocycles. The van der Waals surface area contributed by atoms with Gasteiger partial charge in [-0.3, -0.25) is 14.5 Å². The minimum atomic E-state index is -0.824. The van der Waals surface area contributed by atoms with E-state index in [-0.39, 0.29) is 42.3 Å². The van der Waals surface area contributed by atoms with Crippen molar-refractivity contribution in [1.82, 2.24) is 35.1 Å². The van der Waals surface area contributed by atoms with Crippen molar-refractivity contribution in [3.63, 3.8) is 0 Å². The molecule has 3 unspecified atom stereocenters. The number of primary amides is 1. The Morgan fingerprint density at radius 1 is 0.931 bits per heavy atom. The van der Waals surface area contributed by atoms with Gasteiger partial charge in [0.25, 0.3) is 0 Å². The van der Waals surface area contributed by atoms with Crippen LogP contribution < -0.4 is 11.1 Å². The van der Waals surface area contributed by atoms with Gasteiger partial charge in [-0.05, 0) is 104 Å². The van der Waals surface area contributed by atoms with Crippen LogP contribution in [-0.2, 0) is 20.7 Å². The summed E-state index contributed by atoms with van der Waals surface area (Å²) in [5, 5.41) is 5.38. The van der Waals surface area contributed by atoms with E-state index in [2.05, 4.69) is 68.8 Å². The van der Waals surface area contributed by atoms with Gasteiger partial charge in [-0.1, -0.05) is 74.5 Å². The maximum atomic E-state index is 13.7. The van der Waals surface area contributed by atoms with Crippen LogP contribution in [0.25, 0.3) is 44.2 Å². The van der Waals surface area contributed by atoms with Crippen LogP contribution in [0.5, 0.6) is 0 Å². The Bertz CT molecular complexity index is 2370. The quantitative estimate of drug-likeness (QED) is 0.0725. The number of fused-ring (bicyclic) bond motifs is 2. The maximum absolute atomic E-state index is 13.7. The molecule has 0 aliphatic carbocycles. The number of nitrogens with two attached hydrogens (primary N) is 1. The zero-order valence-electron chi connectivity index (χ0n) is 33.8. The molecule has 3 atom stereocenters. The number of aromatic nitrogens is 4. The molecule has 1 aliphatic heterocycles. The van der Waals surface area contributed by atoms with Gasteiger partial charge in [0.05, 0.1) is 35.6 Å². The van der Waals surface area contributed by atoms with Crippen molar-refractivity contribution in [2.24, 2.45) is 17.6 Å². The summed E-state index contributed by atoms with van der Waals surface area (Å²) < 4.78 is 4.96. The van der Waals surface area contributed by atoms with Crippen LogP contribution in [0.15, 0.2) is 91.1 Å². The van der Waals surface area contributed by atoms with Gasteiger partial charge in [-0.2, -0.15) is 0 Å². The third kappa shape index (κ3) is 9.23. The van der Waals surface area contributed by atoms with E-state index in [1.54, 1.807) is 0 Å². The highest BCUT2D eigenvalue weighted by molar-refractivity contribution is 5.92. The van der Waals surface area contributed by atoms with Gasteiger partial charge >= 0.3 is 6.09 Å². The third-order valence-corrected chi connectivity index (χ3v) is 11.3. The topological polar surface area (TPSA) is 162 Å². The Labute approximate surface area is 339 Å². The van der Waals surface area contributed by atoms with Crippen molar-refractivity contribution in [1.29, 1.82) is 0 Å². The highest BCUT2D eigenvalue weighted by Gasteiger charge is 2.36. The molecule has 58 heavy (non-hydrogen) atoms. The number of aromatic amines is 2. The molecule has 1 aliphatic rings. The van der Waals surface area contributed by atoms with E-state index in [1.165, 1.54) is 0 Å². The average molecular weight is 783 g/mol. The third-order valence-electron chi connectivity index (χ3n) is 11.3. The van der Waals surface area contributed by atoms with Crippen molar-refractivity contribution in [2.45, 2.75) is 64.5 Å². The zero-order valence-corrected chi connectivity index (χ0v) is 33.8. The van der Waals surface area contributed by atoms with Crippen LogP contribution >= 0.6 is 0 Å². The molecule has 6 aromatic rings. The van der Waals surface area contributed by atoms with Gasteiger partial charge in [-0.25, -0.2) is 14.8 Å². The normalized spacial score (nSPS) is 15.3. The smallest absolute Gasteiger partial charge is 0.404 e. The number of unbranched alkanes of at least 4 members (excludes halogenated alkanes) is 1. The molecule has 3 amide bonds. The van der Waals surface area contributed by atoms with Crippen molar-refractivity contribution in [2.75, 3.05) is 33.8 Å². The number of imidazole rings is 2. The number of nitrogens with zero attached hydrogens (tertiary/aromatic N) is 4. The lowest BCUT2D eigenvalue weighted by molar-refractivity contribution is -0.138. The summed E-state index contributed by atoms with van der Waals surface area (Å²) in [6.07, 6.45) is 5.81. The number of carbonyl (C=O) groups is 3. The van der Waals surface area contributed by atoms with Crippen LogP contribution in [0.2, 0.25) is 0 Å². The first-order chi connectivity index (χ1) is 28.0. The highest BCUT2D eigenvalue weighted by atomic mass is 16.5. The molecule has 0 radical (unpaired) electrons. The summed E-state index contributed by atoms with van der Waals surface area (Å²) in [6, 6.07) is 28.6. The van der Waals surface area contributed by atoms with Crippen LogP contribution in [0.3, 0.4) is 0 Å². The Morgan fingerprint density at radius 3 is 2.40 bits per heavy atom. The number of carbonyl (C=O) groups excluding carboxylic acids is 3. The number of H-pyrrole nitrogens is 2. The molecule has 1 fully saturated rings. The number of hydrogen-bond acceptors (Lipinski definition) is 7. The van der Waals surface area contributed by atoms with Gasteiger partial charge in [0.2, 0.25) is 11.8 Å². The lowest BCUT2D eigenvalue weighted by Gasteiger charge is -2.29. The summed E-state index contributed by atoms with van der Waals surface area (Å²) in [5.74, 6) is 1.62. The summed E-state index contributed by atoms with van der Waals surface area (Å²) in [4.78, 5) is 58.3. The second-order valence-electron chi connectivity index (χ2n) is 15.9. The first kappa shape index (κ1) is 40.2. The minimum Gasteiger partial charge on any atom is -0.450 e. The Kier molecular flexibility index (Phi) is 12.5. The molecule has 4 aromatic carbocycles. The molecule has 12 heteroatoms. The second-order valence-corrected chi connectivity index (χ2v) is 15.9. The number of hydrogen-bond donors (Lipinski definition) is 4. The van der Waals surface area contributed by atoms with Crippen molar-refractivity contribution >= 4 is 39.7 Å². The Balaban J connectivity index is 0.962. The molecule has 3 heterocycles. The molecule has 12 nitrogen and oxygen atoms in total. The average Bonchev–Trinajstić information content (AvgIpc) is 3.99. The SMILES string of the molecule is CC(C)C(CCOC(N)=O)C(=O)N1CCCC1c1nc2ccc(-c3ccc4cc(-c5cnc(CCCCNC(=O)C(c6ccccc6)N(C)C)[nH]5)ccc4c3)cc2[nH]1. The Hall–Kier alpha value is -6.01. The van der Waals surface area contributed by atoms with Crippen molar-refractivity contribution in [3.8, 4) is 22.4 Å². The molecule has 2 aromatic heterocycles. The predicted octanol–water partition coefficient (Wildman–Crippen LogP) is 7.94. The van der Waals surface area contributed by atoms with E-state index in [1.807, 2.05) is 80.3 Å². The zero-order chi connectivity index (χ0) is 40.8. The molecule has 0 bridgehead atoms. The number of amides is 3. The standard InChI is InChI=1S/C46H54N8O4/c1-29(2)36(21-24-58-46(47)57)45(56)54-23-10-13-40(54)43-51-37-20-19-34(27-38(37)52-43)32-15-16-33-26-35(18-17-31(33)25-32)39-28-49-41(50-39)14-8-9-22-48-44(55)42(53(3)4)30-11-6-5-7-12-30/h5-7,11-12,15-20,25-29,36,40,42H,8-10,13-14,21-24H2,1-4H3,(H2,47,57)(H,48,55)(H,49,50)(H,51,52). The molecule has 302 valence electrons. The molecule has 0 spiro atoms. The lowest BCUT2D eigenvalue weighted by atomic mass is 9.91. The number of likely N-dealkylation sites (tertiary alicyclic amines) is 1. The van der Waals surface area contributed by atoms with Crippen LogP contribution in [0.4, 0.5) is 4.79 Å². The van der Waals surface area contributed by atoms with Crippen LogP contribution in [0.1, 0.15) is 75.2 Å². The molecule has 5 N–H and O–H groups in total. The van der Waals surface area contributed by atoms with Gasteiger partial charge < -0.3 is 30.7 Å². The maximum Gasteiger partial charge on any atom is 0.404 e. The number of ether oxygens (including phenoxy) is 1. The number of nitrogens with one attached hydrogen (secondary N) is 3. The summed E-state index contributed by atoms with van der Waals surface area (Å²) in [7, 11) is 3.85. The van der Waals surface area contributed by atoms with Gasteiger partial charge in [0.1, 0.15) is 17.7 Å². The van der Waals surface area contributed by atoms with Gasteiger partial charge in [-0.15, -0.1) is 0 Å². The molecular formula is C46H54N8O4. The van der Waals surface area contributed by atoms with E-state index in [4.69, 9.17) is 15.5 Å². The Morgan fingerprint density at radius 2 is 1.66 bits per heavy atom. The summed E-state index contributed by atoms with van der Waals surface area (Å²) >= 11 is 0. The first-order valence-electron chi connectivity index (χ1n) is 20.4. The number of benzene rings is 4. The van der Waals surface area contributed by atoms with Gasteiger partial charge in [0.15, 0.2) is 0 Å². The van der Waals surface area contributed by atoms with Crippen LogP contribution in [-0.4, -0.2) is 81.4 Å². The number of rotatable bonds is 16. The number of likely N-dealkylation sites (N-methyl/N-ethyl adjacent to an activating group) is 1. The van der Waals surface area contributed by atoms with Gasteiger partial charge in [0, 0.05) is 31.0 Å². The summed E-state index contributed by atoms with van der Waals surface area (Å²) in [5.41, 5.74) is 12.2. The fourth-order valence-corrected chi connectivity index (χ4v) is 8.20. The van der Waals surface area contributed by atoms with E-state index in [9.17, 15) is 14.4 Å². The molecule has 1 saturated heterocycles. The predicted molar refractivity (Wildman–Crippen MR) is 228 cm³/mol. The van der Waals surface area contributed by atoms with Crippen molar-refractivity contribution < 1.29 is 19.1 Å². The lowest BCUT2D eigenvalue weighted by Crippen LogP contribution is -2.38. The van der Waals surface area contributed by atoms with E-state index in [0.29, 0.717) is 19.5 Å². The van der Waals surface area contributed by atoms with E-state index in [0.717, 1.165) is 93.5 Å².